The van der Waals surface area contributed by atoms with Crippen molar-refractivity contribution >= 4 is 5.97 Å². The molecule has 2 heterocycles. The van der Waals surface area contributed by atoms with Crippen LogP contribution in [0.5, 0.6) is 0 Å². The topological polar surface area (TPSA) is 214 Å². The van der Waals surface area contributed by atoms with Gasteiger partial charge in [-0.15, -0.1) is 0 Å². The number of ether oxygens (including phenoxy) is 6. The summed E-state index contributed by atoms with van der Waals surface area (Å²) in [5, 5.41) is 72.1. The summed E-state index contributed by atoms with van der Waals surface area (Å²) in [6, 6.07) is 0. The molecule has 0 saturated carbocycles. The quantitative estimate of drug-likeness (QED) is 0.0178. The third-order valence-electron chi connectivity index (χ3n) is 12.0. The molecule has 0 aromatic carbocycles. The van der Waals surface area contributed by atoms with Gasteiger partial charge in [0.25, 0.3) is 0 Å². The van der Waals surface area contributed by atoms with Crippen LogP contribution in [0.25, 0.3) is 0 Å². The molecule has 2 fully saturated rings. The molecule has 14 heteroatoms. The van der Waals surface area contributed by atoms with E-state index in [-0.39, 0.29) is 19.6 Å². The van der Waals surface area contributed by atoms with Gasteiger partial charge < -0.3 is 64.2 Å². The summed E-state index contributed by atoms with van der Waals surface area (Å²) >= 11 is 0. The van der Waals surface area contributed by atoms with Crippen molar-refractivity contribution in [3.05, 3.63) is 60.8 Å². The van der Waals surface area contributed by atoms with E-state index < -0.39 is 86.7 Å². The molecule has 2 saturated heterocycles. The van der Waals surface area contributed by atoms with Crippen molar-refractivity contribution in [2.24, 2.45) is 0 Å². The van der Waals surface area contributed by atoms with Crippen molar-refractivity contribution in [3.63, 3.8) is 0 Å². The summed E-state index contributed by atoms with van der Waals surface area (Å²) in [6.07, 6.45) is 31.5. The Labute approximate surface area is 403 Å². The number of aliphatic hydroxyl groups is 7. The van der Waals surface area contributed by atoms with Crippen molar-refractivity contribution in [2.45, 2.75) is 235 Å². The molecule has 0 bridgehead atoms. The van der Waals surface area contributed by atoms with Gasteiger partial charge in [-0.2, -0.15) is 0 Å². The Balaban J connectivity index is 1.80. The Hall–Kier alpha value is -2.31. The van der Waals surface area contributed by atoms with Crippen LogP contribution < -0.4 is 0 Å². The van der Waals surface area contributed by atoms with E-state index in [1.807, 2.05) is 6.08 Å². The fourth-order valence-electron chi connectivity index (χ4n) is 7.85. The van der Waals surface area contributed by atoms with E-state index in [1.54, 1.807) is 0 Å². The van der Waals surface area contributed by atoms with Crippen LogP contribution >= 0.6 is 0 Å². The first kappa shape index (κ1) is 60.8. The first-order valence-electron chi connectivity index (χ1n) is 25.9. The number of carbonyl (C=O) groups excluding carboxylic acids is 1. The van der Waals surface area contributed by atoms with Gasteiger partial charge in [-0.05, 0) is 51.4 Å². The standard InChI is InChI=1S/C53H92O14/c1-3-5-7-9-11-13-15-17-19-21-22-24-26-28-30-32-34-36-45(55)65-42(39-62-37-35-33-31-29-27-25-23-20-18-16-14-12-10-8-6-4-2)40-63-52-51(61)49(59)47(57)44(67-52)41-64-53-50(60)48(58)46(56)43(38-54)66-53/h5,7,11,13,17,19,22,24,28,30,42-44,46-54,56-61H,3-4,6,8-10,12,14-16,18,20-21,23,25-27,29,31-41H2,1-2H3/b7-5-,13-11-,19-17-,24-22-,30-28-. The van der Waals surface area contributed by atoms with Crippen LogP contribution in [0.1, 0.15) is 168 Å². The van der Waals surface area contributed by atoms with Crippen LogP contribution in [0, 0.1) is 0 Å². The van der Waals surface area contributed by atoms with E-state index in [9.17, 15) is 40.5 Å². The highest BCUT2D eigenvalue weighted by Crippen LogP contribution is 2.26. The molecule has 0 aliphatic carbocycles. The predicted molar refractivity (Wildman–Crippen MR) is 261 cm³/mol. The number of hydrogen-bond donors (Lipinski definition) is 7. The van der Waals surface area contributed by atoms with E-state index in [0.717, 1.165) is 51.4 Å². The van der Waals surface area contributed by atoms with Crippen molar-refractivity contribution in [2.75, 3.05) is 33.0 Å². The van der Waals surface area contributed by atoms with Gasteiger partial charge in [0.1, 0.15) is 54.9 Å². The van der Waals surface area contributed by atoms with E-state index >= 15 is 0 Å². The number of esters is 1. The minimum Gasteiger partial charge on any atom is -0.457 e. The monoisotopic (exact) mass is 953 g/mol. The Morgan fingerprint density at radius 3 is 1.46 bits per heavy atom. The Morgan fingerprint density at radius 2 is 0.955 bits per heavy atom. The number of allylic oxidation sites excluding steroid dienone is 10. The summed E-state index contributed by atoms with van der Waals surface area (Å²) in [7, 11) is 0. The van der Waals surface area contributed by atoms with Crippen molar-refractivity contribution in [1.82, 2.24) is 0 Å². The van der Waals surface area contributed by atoms with Crippen LogP contribution in [-0.4, -0.2) is 142 Å². The van der Waals surface area contributed by atoms with Crippen molar-refractivity contribution in [3.8, 4) is 0 Å². The van der Waals surface area contributed by atoms with Crippen LogP contribution in [0.3, 0.4) is 0 Å². The predicted octanol–water partition coefficient (Wildman–Crippen LogP) is 7.74. The number of aliphatic hydroxyl groups excluding tert-OH is 7. The molecule has 0 radical (unpaired) electrons. The molecule has 2 aliphatic heterocycles. The minimum atomic E-state index is -1.72. The number of carbonyl (C=O) groups is 1. The number of unbranched alkanes of at least 4 members (excludes halogenated alkanes) is 16. The highest BCUT2D eigenvalue weighted by atomic mass is 16.7. The van der Waals surface area contributed by atoms with Crippen LogP contribution in [0.2, 0.25) is 0 Å². The zero-order chi connectivity index (χ0) is 48.7. The molecule has 7 N–H and O–H groups in total. The first-order valence-corrected chi connectivity index (χ1v) is 25.9. The lowest BCUT2D eigenvalue weighted by Gasteiger charge is -2.42. The lowest BCUT2D eigenvalue weighted by molar-refractivity contribution is -0.332. The van der Waals surface area contributed by atoms with Gasteiger partial charge >= 0.3 is 5.97 Å². The van der Waals surface area contributed by atoms with Gasteiger partial charge in [0.05, 0.1) is 26.4 Å². The fraction of sp³-hybridized carbons (Fsp3) is 0.792. The molecule has 11 unspecified atom stereocenters. The molecule has 2 rings (SSSR count). The highest BCUT2D eigenvalue weighted by molar-refractivity contribution is 5.69. The smallest absolute Gasteiger partial charge is 0.306 e. The van der Waals surface area contributed by atoms with Crippen LogP contribution in [0.4, 0.5) is 0 Å². The largest absolute Gasteiger partial charge is 0.457 e. The minimum absolute atomic E-state index is 0.0386. The maximum atomic E-state index is 13.0. The van der Waals surface area contributed by atoms with Gasteiger partial charge in [0, 0.05) is 13.0 Å². The molecule has 14 nitrogen and oxygen atoms in total. The second-order valence-corrected chi connectivity index (χ2v) is 18.0. The zero-order valence-electron chi connectivity index (χ0n) is 41.1. The molecule has 67 heavy (non-hydrogen) atoms. The first-order chi connectivity index (χ1) is 32.6. The van der Waals surface area contributed by atoms with Crippen molar-refractivity contribution in [1.29, 1.82) is 0 Å². The third kappa shape index (κ3) is 28.2. The molecular formula is C53H92O14. The van der Waals surface area contributed by atoms with E-state index in [2.05, 4.69) is 68.5 Å². The summed E-state index contributed by atoms with van der Waals surface area (Å²) in [4.78, 5) is 13.0. The molecule has 11 atom stereocenters. The zero-order valence-corrected chi connectivity index (χ0v) is 41.1. The van der Waals surface area contributed by atoms with Crippen LogP contribution in [-0.2, 0) is 33.2 Å². The lowest BCUT2D eigenvalue weighted by Crippen LogP contribution is -2.61. The van der Waals surface area contributed by atoms with E-state index in [0.29, 0.717) is 19.4 Å². The second kappa shape index (κ2) is 40.4. The van der Waals surface area contributed by atoms with Gasteiger partial charge in [0.2, 0.25) is 0 Å². The summed E-state index contributed by atoms with van der Waals surface area (Å²) in [5.74, 6) is -0.432. The van der Waals surface area contributed by atoms with E-state index in [4.69, 9.17) is 28.4 Å². The molecule has 0 aromatic heterocycles. The number of rotatable bonds is 40. The maximum absolute atomic E-state index is 13.0. The molecule has 2 aliphatic rings. The summed E-state index contributed by atoms with van der Waals surface area (Å²) in [6.45, 7) is 3.50. The normalized spacial score (nSPS) is 26.6. The molecule has 0 aromatic rings. The highest BCUT2D eigenvalue weighted by Gasteiger charge is 2.47. The average Bonchev–Trinajstić information content (AvgIpc) is 3.32. The van der Waals surface area contributed by atoms with Gasteiger partial charge in [-0.3, -0.25) is 4.79 Å². The lowest BCUT2D eigenvalue weighted by atomic mass is 9.98. The maximum Gasteiger partial charge on any atom is 0.306 e. The Bertz CT molecular complexity index is 1340. The van der Waals surface area contributed by atoms with Gasteiger partial charge in [-0.25, -0.2) is 0 Å². The second-order valence-electron chi connectivity index (χ2n) is 18.0. The van der Waals surface area contributed by atoms with Gasteiger partial charge in [0.15, 0.2) is 12.6 Å². The Kier molecular flexibility index (Phi) is 36.7. The van der Waals surface area contributed by atoms with Crippen molar-refractivity contribution < 1.29 is 69.0 Å². The fourth-order valence-corrected chi connectivity index (χ4v) is 7.85. The Morgan fingerprint density at radius 1 is 0.507 bits per heavy atom. The summed E-state index contributed by atoms with van der Waals surface area (Å²) in [5.41, 5.74) is 0. The average molecular weight is 953 g/mol. The molecule has 0 spiro atoms. The summed E-state index contributed by atoms with van der Waals surface area (Å²) < 4.78 is 34.2. The third-order valence-corrected chi connectivity index (χ3v) is 12.0. The van der Waals surface area contributed by atoms with Crippen LogP contribution in [0.15, 0.2) is 60.8 Å². The number of hydrogen-bond acceptors (Lipinski definition) is 14. The molecule has 388 valence electrons. The van der Waals surface area contributed by atoms with E-state index in [1.165, 1.54) is 83.5 Å². The molecule has 0 amide bonds. The SMILES string of the molecule is CC/C=C\C/C=C\C/C=C\C/C=C\C/C=C\CCCC(=O)OC(COCCCCCCCCCCCCCCCCCC)COC1OC(COC2OC(CO)C(O)C(O)C2O)C(O)C(O)C1O. The molecular weight excluding hydrogens is 861 g/mol. The van der Waals surface area contributed by atoms with Gasteiger partial charge in [-0.1, -0.05) is 171 Å².